The van der Waals surface area contributed by atoms with Crippen LogP contribution in [0.2, 0.25) is 0 Å². The third-order valence-corrected chi connectivity index (χ3v) is 6.28. The van der Waals surface area contributed by atoms with Gasteiger partial charge in [-0.2, -0.15) is 0 Å². The summed E-state index contributed by atoms with van der Waals surface area (Å²) in [6.45, 7) is 2.32. The number of fused-ring (bicyclic) bond motifs is 1. The van der Waals surface area contributed by atoms with Crippen LogP contribution >= 0.6 is 0 Å². The van der Waals surface area contributed by atoms with Crippen molar-refractivity contribution in [1.82, 2.24) is 34.2 Å². The zero-order valence-electron chi connectivity index (χ0n) is 21.3. The van der Waals surface area contributed by atoms with Gasteiger partial charge in [0.05, 0.1) is 38.8 Å². The lowest BCUT2D eigenvalue weighted by Crippen LogP contribution is -2.22. The molecule has 0 amide bonds. The van der Waals surface area contributed by atoms with Gasteiger partial charge in [-0.05, 0) is 36.8 Å². The normalized spacial score (nSPS) is 12.0. The monoisotopic (exact) mass is 547 g/mol. The second-order valence-corrected chi connectivity index (χ2v) is 8.90. The van der Waals surface area contributed by atoms with Crippen LogP contribution in [0.4, 0.5) is 0 Å². The number of pyridine rings is 2. The summed E-state index contributed by atoms with van der Waals surface area (Å²) in [5.74, 6) is 1.83. The number of thiol groups is 1. The van der Waals surface area contributed by atoms with Gasteiger partial charge in [0.2, 0.25) is 16.8 Å². The van der Waals surface area contributed by atoms with Gasteiger partial charge in [0.25, 0.3) is 0 Å². The lowest BCUT2D eigenvalue weighted by molar-refractivity contribution is 0.327. The molecular weight excluding hydrogens is 522 g/mol. The van der Waals surface area contributed by atoms with E-state index in [4.69, 9.17) is 24.2 Å². The maximum absolute atomic E-state index is 11.7. The summed E-state index contributed by atoms with van der Waals surface area (Å²) in [5, 5.41) is 0. The highest BCUT2D eigenvalue weighted by molar-refractivity contribution is 7.70. The fraction of sp³-hybridized carbons (Fsp3) is 0.192. The van der Waals surface area contributed by atoms with Crippen LogP contribution in [0.1, 0.15) is 24.2 Å². The summed E-state index contributed by atoms with van der Waals surface area (Å²) in [7, 11) is 0.134. The van der Waals surface area contributed by atoms with E-state index in [0.29, 0.717) is 63.7 Å². The van der Waals surface area contributed by atoms with Crippen LogP contribution in [0, 0.1) is 0 Å². The van der Waals surface area contributed by atoms with E-state index in [1.807, 2.05) is 13.0 Å². The van der Waals surface area contributed by atoms with Crippen LogP contribution in [0.3, 0.4) is 0 Å². The van der Waals surface area contributed by atoms with Crippen molar-refractivity contribution < 1.29 is 22.6 Å². The average Bonchev–Trinajstić information content (AvgIpc) is 3.34. The van der Waals surface area contributed by atoms with Gasteiger partial charge < -0.3 is 14.2 Å². The fourth-order valence-electron chi connectivity index (χ4n) is 4.17. The number of ether oxygens (including phenoxy) is 3. The lowest BCUT2D eigenvalue weighted by atomic mass is 10.1. The molecule has 1 aromatic carbocycles. The quantitative estimate of drug-likeness (QED) is 0.251. The van der Waals surface area contributed by atoms with Crippen LogP contribution in [-0.2, 0) is 10.9 Å². The molecule has 200 valence electrons. The molecule has 0 saturated heterocycles. The van der Waals surface area contributed by atoms with Crippen molar-refractivity contribution >= 4 is 22.2 Å². The molecule has 0 aliphatic heterocycles. The summed E-state index contributed by atoms with van der Waals surface area (Å²) in [5.41, 5.74) is 2.60. The molecule has 0 spiro atoms. The summed E-state index contributed by atoms with van der Waals surface area (Å²) >= 11 is 0. The number of benzene rings is 1. The SMILES string of the molecule is CCOc1cccc(-c2nc3ncc(C(N[SH](=O)=O)c4cccnc4)nc3n2-c2c(OC)cccc2OC)n1. The molecule has 12 nitrogen and oxygen atoms in total. The maximum atomic E-state index is 11.7. The summed E-state index contributed by atoms with van der Waals surface area (Å²) in [6, 6.07) is 13.4. The van der Waals surface area contributed by atoms with Crippen LogP contribution in [-0.4, -0.2) is 58.7 Å². The number of aromatic nitrogens is 6. The van der Waals surface area contributed by atoms with E-state index >= 15 is 0 Å². The number of hydrogen-bond donors (Lipinski definition) is 2. The Bertz CT molecular complexity index is 1660. The molecule has 0 aliphatic carbocycles. The zero-order valence-corrected chi connectivity index (χ0v) is 22.2. The van der Waals surface area contributed by atoms with Crippen molar-refractivity contribution in [3.05, 3.63) is 78.4 Å². The summed E-state index contributed by atoms with van der Waals surface area (Å²) in [6.07, 6.45) is 4.65. The van der Waals surface area contributed by atoms with E-state index in [1.165, 1.54) is 6.20 Å². The van der Waals surface area contributed by atoms with Gasteiger partial charge in [-0.1, -0.05) is 18.2 Å². The number of para-hydroxylation sites is 1. The Balaban J connectivity index is 1.81. The molecule has 5 aromatic rings. The Morgan fingerprint density at radius 3 is 2.38 bits per heavy atom. The largest absolute Gasteiger partial charge is 0.494 e. The van der Waals surface area contributed by atoms with E-state index in [-0.39, 0.29) is 0 Å². The lowest BCUT2D eigenvalue weighted by Gasteiger charge is -2.17. The van der Waals surface area contributed by atoms with Crippen molar-refractivity contribution in [1.29, 1.82) is 0 Å². The number of hydrogen-bond acceptors (Lipinski definition) is 10. The third kappa shape index (κ3) is 5.22. The number of nitrogens with zero attached hydrogens (tertiary/aromatic N) is 6. The smallest absolute Gasteiger partial charge is 0.213 e. The van der Waals surface area contributed by atoms with Gasteiger partial charge in [-0.25, -0.2) is 33.1 Å². The Labute approximate surface area is 225 Å². The van der Waals surface area contributed by atoms with Gasteiger partial charge in [-0.3, -0.25) is 9.55 Å². The first-order valence-corrected chi connectivity index (χ1v) is 13.1. The molecule has 1 N–H and O–H groups in total. The van der Waals surface area contributed by atoms with Gasteiger partial charge in [0, 0.05) is 18.5 Å². The Morgan fingerprint density at radius 1 is 0.949 bits per heavy atom. The minimum absolute atomic E-state index is 0.307. The highest BCUT2D eigenvalue weighted by Crippen LogP contribution is 2.38. The van der Waals surface area contributed by atoms with E-state index in [0.717, 1.165) is 0 Å². The molecule has 13 heteroatoms. The Kier molecular flexibility index (Phi) is 7.61. The molecule has 5 rings (SSSR count). The molecule has 0 aliphatic rings. The first-order chi connectivity index (χ1) is 19.0. The van der Waals surface area contributed by atoms with Crippen LogP contribution in [0.15, 0.2) is 67.1 Å². The second kappa shape index (κ2) is 11.4. The average molecular weight is 548 g/mol. The number of rotatable bonds is 10. The van der Waals surface area contributed by atoms with Gasteiger partial charge in [0.1, 0.15) is 22.9 Å². The number of methoxy groups -OCH3 is 2. The van der Waals surface area contributed by atoms with Crippen LogP contribution in [0.5, 0.6) is 17.4 Å². The van der Waals surface area contributed by atoms with Crippen molar-refractivity contribution in [2.24, 2.45) is 0 Å². The molecule has 4 aromatic heterocycles. The molecule has 0 radical (unpaired) electrons. The van der Waals surface area contributed by atoms with Gasteiger partial charge >= 0.3 is 0 Å². The van der Waals surface area contributed by atoms with E-state index in [2.05, 4.69) is 19.7 Å². The molecule has 1 unspecified atom stereocenters. The molecular formula is C26H25N7O5S. The Morgan fingerprint density at radius 2 is 1.72 bits per heavy atom. The highest BCUT2D eigenvalue weighted by atomic mass is 32.2. The predicted molar refractivity (Wildman–Crippen MR) is 144 cm³/mol. The number of imidazole rings is 1. The van der Waals surface area contributed by atoms with Crippen LogP contribution in [0.25, 0.3) is 28.5 Å². The minimum Gasteiger partial charge on any atom is -0.494 e. The standard InChI is InChI=1S/C26H25N7O5S/c1-4-38-21-12-5-9-17(29-21)25-31-24-26(33(25)23-19(36-2)10-6-11-20(23)37-3)30-18(15-28-24)22(32-39(34)35)16-8-7-13-27-14-16/h5-15,22,39H,4H2,1-3H3,(H,32,34,35). The first kappa shape index (κ1) is 26.0. The zero-order chi connectivity index (χ0) is 27.4. The second-order valence-electron chi connectivity index (χ2n) is 8.12. The van der Waals surface area contributed by atoms with E-state index in [1.54, 1.807) is 73.6 Å². The number of nitrogens with one attached hydrogen (secondary N) is 1. The van der Waals surface area contributed by atoms with Crippen LogP contribution < -0.4 is 18.9 Å². The molecule has 4 heterocycles. The van der Waals surface area contributed by atoms with Crippen molar-refractivity contribution in [2.75, 3.05) is 20.8 Å². The van der Waals surface area contributed by atoms with Gasteiger partial charge in [0.15, 0.2) is 17.1 Å². The van der Waals surface area contributed by atoms with Crippen molar-refractivity contribution in [3.63, 3.8) is 0 Å². The van der Waals surface area contributed by atoms with E-state index < -0.39 is 16.9 Å². The molecule has 39 heavy (non-hydrogen) atoms. The van der Waals surface area contributed by atoms with Crippen molar-refractivity contribution in [2.45, 2.75) is 13.0 Å². The molecule has 1 atom stereocenters. The summed E-state index contributed by atoms with van der Waals surface area (Å²) in [4.78, 5) is 22.9. The topological polar surface area (TPSA) is 143 Å². The predicted octanol–water partition coefficient (Wildman–Crippen LogP) is 2.89. The van der Waals surface area contributed by atoms with Gasteiger partial charge in [-0.15, -0.1) is 0 Å². The molecule has 0 bridgehead atoms. The summed E-state index contributed by atoms with van der Waals surface area (Å²) < 4.78 is 44.7. The first-order valence-electron chi connectivity index (χ1n) is 11.9. The molecule has 0 saturated carbocycles. The fourth-order valence-corrected chi connectivity index (χ4v) is 4.66. The third-order valence-electron chi connectivity index (χ3n) is 5.81. The minimum atomic E-state index is -2.97. The Hall–Kier alpha value is -4.62. The van der Waals surface area contributed by atoms with E-state index in [9.17, 15) is 8.42 Å². The molecule has 0 fully saturated rings. The van der Waals surface area contributed by atoms with Crippen molar-refractivity contribution in [3.8, 4) is 34.6 Å². The maximum Gasteiger partial charge on any atom is 0.213 e. The highest BCUT2D eigenvalue weighted by Gasteiger charge is 2.26.